The molecule has 34 heavy (non-hydrogen) atoms. The van der Waals surface area contributed by atoms with Crippen molar-refractivity contribution in [1.29, 1.82) is 0 Å². The first-order valence-electron chi connectivity index (χ1n) is 11.1. The van der Waals surface area contributed by atoms with E-state index in [1.54, 1.807) is 14.2 Å². The van der Waals surface area contributed by atoms with Crippen molar-refractivity contribution < 1.29 is 14.3 Å². The van der Waals surface area contributed by atoms with Crippen molar-refractivity contribution in [3.63, 3.8) is 0 Å². The minimum absolute atomic E-state index is 0.0196. The van der Waals surface area contributed by atoms with E-state index in [0.717, 1.165) is 23.1 Å². The summed E-state index contributed by atoms with van der Waals surface area (Å²) >= 11 is 0. The van der Waals surface area contributed by atoms with Crippen molar-refractivity contribution in [2.45, 2.75) is 19.3 Å². The monoisotopic (exact) mass is 455 g/mol. The molecule has 5 rings (SSSR count). The van der Waals surface area contributed by atoms with Crippen molar-refractivity contribution in [1.82, 2.24) is 20.6 Å². The number of aromatic amines is 1. The number of hydrogen-bond donors (Lipinski definition) is 2. The molecule has 2 N–H and O–H groups in total. The number of carbonyl (C=O) groups is 1. The van der Waals surface area contributed by atoms with Crippen molar-refractivity contribution >= 4 is 11.6 Å². The van der Waals surface area contributed by atoms with Gasteiger partial charge >= 0.3 is 0 Å². The number of aromatic nitrogens is 4. The number of hydrogen-bond acceptors (Lipinski definition) is 6. The van der Waals surface area contributed by atoms with Crippen LogP contribution in [-0.2, 0) is 4.79 Å². The van der Waals surface area contributed by atoms with Crippen LogP contribution in [0.3, 0.4) is 0 Å². The van der Waals surface area contributed by atoms with Crippen LogP contribution in [0.25, 0.3) is 22.5 Å². The number of ether oxygens (including phenoxy) is 2. The number of H-pyrrole nitrogens is 1. The van der Waals surface area contributed by atoms with Crippen LogP contribution in [0.4, 0.5) is 5.69 Å². The highest BCUT2D eigenvalue weighted by Crippen LogP contribution is 2.49. The normalized spacial score (nSPS) is 16.7. The number of amides is 1. The minimum atomic E-state index is -0.0275. The highest BCUT2D eigenvalue weighted by molar-refractivity contribution is 5.96. The summed E-state index contributed by atoms with van der Waals surface area (Å²) in [5, 5.41) is 17.6. The van der Waals surface area contributed by atoms with Gasteiger partial charge in [-0.25, -0.2) is 0 Å². The van der Waals surface area contributed by atoms with Crippen LogP contribution in [0.1, 0.15) is 23.5 Å². The Balaban J connectivity index is 1.43. The third-order valence-corrected chi connectivity index (χ3v) is 6.28. The van der Waals surface area contributed by atoms with Gasteiger partial charge in [0.25, 0.3) is 0 Å². The van der Waals surface area contributed by atoms with Crippen LogP contribution in [0.2, 0.25) is 0 Å². The molecule has 0 saturated heterocycles. The van der Waals surface area contributed by atoms with E-state index in [2.05, 4.69) is 45.0 Å². The summed E-state index contributed by atoms with van der Waals surface area (Å²) in [5.41, 5.74) is 5.68. The summed E-state index contributed by atoms with van der Waals surface area (Å²) in [7, 11) is 3.20. The Morgan fingerprint density at radius 2 is 1.82 bits per heavy atom. The predicted molar refractivity (Wildman–Crippen MR) is 129 cm³/mol. The molecule has 2 atom stereocenters. The third-order valence-electron chi connectivity index (χ3n) is 6.28. The molecular formula is C26H25N5O3. The average molecular weight is 456 g/mol. The number of aryl methyl sites for hydroxylation is 1. The van der Waals surface area contributed by atoms with Gasteiger partial charge in [0.1, 0.15) is 0 Å². The number of tetrazole rings is 1. The van der Waals surface area contributed by atoms with E-state index in [0.29, 0.717) is 23.0 Å². The van der Waals surface area contributed by atoms with E-state index in [4.69, 9.17) is 9.47 Å². The van der Waals surface area contributed by atoms with Gasteiger partial charge in [-0.1, -0.05) is 36.4 Å². The molecular weight excluding hydrogens is 430 g/mol. The lowest BCUT2D eigenvalue weighted by atomic mass is 9.98. The molecule has 1 amide bonds. The molecule has 0 spiro atoms. The summed E-state index contributed by atoms with van der Waals surface area (Å²) in [5.74, 6) is 1.96. The Morgan fingerprint density at radius 3 is 2.56 bits per heavy atom. The molecule has 1 aromatic heterocycles. The first-order chi connectivity index (χ1) is 16.6. The fourth-order valence-electron chi connectivity index (χ4n) is 4.40. The van der Waals surface area contributed by atoms with E-state index in [1.165, 1.54) is 11.1 Å². The maximum Gasteiger partial charge on any atom is 0.228 e. The maximum atomic E-state index is 13.0. The van der Waals surface area contributed by atoms with Crippen LogP contribution >= 0.6 is 0 Å². The lowest BCUT2D eigenvalue weighted by Gasteiger charge is -2.13. The van der Waals surface area contributed by atoms with Crippen LogP contribution in [-0.4, -0.2) is 40.8 Å². The summed E-state index contributed by atoms with van der Waals surface area (Å²) < 4.78 is 10.8. The Labute approximate surface area is 197 Å². The number of anilines is 1. The zero-order valence-electron chi connectivity index (χ0n) is 19.2. The topological polar surface area (TPSA) is 102 Å². The van der Waals surface area contributed by atoms with Crippen molar-refractivity contribution in [2.24, 2.45) is 5.92 Å². The van der Waals surface area contributed by atoms with Gasteiger partial charge in [-0.05, 0) is 71.0 Å². The largest absolute Gasteiger partial charge is 0.493 e. The summed E-state index contributed by atoms with van der Waals surface area (Å²) in [6, 6.07) is 19.6. The number of rotatable bonds is 7. The van der Waals surface area contributed by atoms with Gasteiger partial charge in [0.2, 0.25) is 11.7 Å². The predicted octanol–water partition coefficient (Wildman–Crippen LogP) is 4.60. The Kier molecular flexibility index (Phi) is 5.71. The minimum Gasteiger partial charge on any atom is -0.493 e. The van der Waals surface area contributed by atoms with Crippen LogP contribution in [0, 0.1) is 12.8 Å². The Morgan fingerprint density at radius 1 is 1.00 bits per heavy atom. The van der Waals surface area contributed by atoms with E-state index in [1.807, 2.05) is 48.5 Å². The van der Waals surface area contributed by atoms with Crippen LogP contribution < -0.4 is 14.8 Å². The molecule has 1 heterocycles. The zero-order chi connectivity index (χ0) is 23.7. The number of carbonyl (C=O) groups excluding carboxylic acids is 1. The van der Waals surface area contributed by atoms with Gasteiger partial charge in [-0.2, -0.15) is 5.21 Å². The standard InChI is InChI=1S/C26H25N5O3/c1-15-6-4-5-7-18(15)20-14-22(20)26(32)27-17-9-10-19(21(13-17)25-28-30-31-29-25)16-8-11-23(33-2)24(12-16)34-3/h4-13,20,22H,14H2,1-3H3,(H,27,32)(H,28,29,30,31)/t20-,22+/m0/s1. The molecule has 0 bridgehead atoms. The zero-order valence-corrected chi connectivity index (χ0v) is 19.2. The quantitative estimate of drug-likeness (QED) is 0.422. The molecule has 0 aliphatic heterocycles. The second kappa shape index (κ2) is 8.97. The fourth-order valence-corrected chi connectivity index (χ4v) is 4.40. The number of nitrogens with zero attached hydrogens (tertiary/aromatic N) is 3. The second-order valence-electron chi connectivity index (χ2n) is 8.36. The van der Waals surface area contributed by atoms with E-state index >= 15 is 0 Å². The van der Waals surface area contributed by atoms with Crippen LogP contribution in [0.5, 0.6) is 11.5 Å². The van der Waals surface area contributed by atoms with Gasteiger partial charge in [0.15, 0.2) is 11.5 Å². The Bertz CT molecular complexity index is 1340. The Hall–Kier alpha value is -4.20. The van der Waals surface area contributed by atoms with Crippen molar-refractivity contribution in [2.75, 3.05) is 19.5 Å². The van der Waals surface area contributed by atoms with Gasteiger partial charge < -0.3 is 14.8 Å². The number of methoxy groups -OCH3 is 2. The molecule has 0 radical (unpaired) electrons. The van der Waals surface area contributed by atoms with Gasteiger partial charge in [0, 0.05) is 17.2 Å². The van der Waals surface area contributed by atoms with Gasteiger partial charge in [-0.3, -0.25) is 4.79 Å². The lowest BCUT2D eigenvalue weighted by Crippen LogP contribution is -2.14. The average Bonchev–Trinajstić information content (AvgIpc) is 3.47. The maximum absolute atomic E-state index is 13.0. The van der Waals surface area contributed by atoms with E-state index in [9.17, 15) is 4.79 Å². The van der Waals surface area contributed by atoms with E-state index < -0.39 is 0 Å². The highest BCUT2D eigenvalue weighted by atomic mass is 16.5. The molecule has 4 aromatic rings. The van der Waals surface area contributed by atoms with Crippen LogP contribution in [0.15, 0.2) is 60.7 Å². The first-order valence-corrected chi connectivity index (χ1v) is 11.1. The first kappa shape index (κ1) is 21.6. The molecule has 172 valence electrons. The van der Waals surface area contributed by atoms with E-state index in [-0.39, 0.29) is 17.7 Å². The smallest absolute Gasteiger partial charge is 0.228 e. The highest BCUT2D eigenvalue weighted by Gasteiger charge is 2.44. The second-order valence-corrected chi connectivity index (χ2v) is 8.36. The third kappa shape index (κ3) is 4.10. The van der Waals surface area contributed by atoms with Gasteiger partial charge in [-0.15, -0.1) is 10.2 Å². The molecule has 3 aromatic carbocycles. The molecule has 1 fully saturated rings. The fraction of sp³-hybridized carbons (Fsp3) is 0.231. The van der Waals surface area contributed by atoms with Crippen molar-refractivity contribution in [3.05, 3.63) is 71.8 Å². The van der Waals surface area contributed by atoms with Crippen molar-refractivity contribution in [3.8, 4) is 34.0 Å². The molecule has 1 aliphatic carbocycles. The molecule has 0 unspecified atom stereocenters. The summed E-state index contributed by atoms with van der Waals surface area (Å²) in [4.78, 5) is 13.0. The molecule has 8 nitrogen and oxygen atoms in total. The summed E-state index contributed by atoms with van der Waals surface area (Å²) in [6.07, 6.45) is 0.859. The molecule has 1 saturated carbocycles. The SMILES string of the molecule is COc1ccc(-c2ccc(NC(=O)[C@@H]3C[C@H]3c3ccccc3C)cc2-c2nn[nH]n2)cc1OC. The number of benzene rings is 3. The summed E-state index contributed by atoms with van der Waals surface area (Å²) in [6.45, 7) is 2.09. The number of nitrogens with one attached hydrogen (secondary N) is 2. The molecule has 8 heteroatoms. The molecule has 1 aliphatic rings. The van der Waals surface area contributed by atoms with Gasteiger partial charge in [0.05, 0.1) is 14.2 Å². The lowest BCUT2D eigenvalue weighted by molar-refractivity contribution is -0.117.